The van der Waals surface area contributed by atoms with Crippen molar-refractivity contribution < 1.29 is 4.42 Å². The molecule has 0 bridgehead atoms. The Balaban J connectivity index is 1.11. The largest absolute Gasteiger partial charge is 0.455 e. The molecule has 0 N–H and O–H groups in total. The van der Waals surface area contributed by atoms with Crippen LogP contribution in [0.5, 0.6) is 0 Å². The Hall–Kier alpha value is -7.17. The van der Waals surface area contributed by atoms with E-state index < -0.39 is 0 Å². The molecule has 4 nitrogen and oxygen atoms in total. The monoisotopic (exact) mass is 675 g/mol. The molecule has 0 saturated heterocycles. The van der Waals surface area contributed by atoms with Gasteiger partial charge in [0.1, 0.15) is 11.2 Å². The molecule has 0 spiro atoms. The highest BCUT2D eigenvalue weighted by Crippen LogP contribution is 2.44. The van der Waals surface area contributed by atoms with E-state index in [9.17, 15) is 0 Å². The third-order valence-electron chi connectivity index (χ3n) is 10.5. The lowest BCUT2D eigenvalue weighted by Gasteiger charge is -2.15. The van der Waals surface area contributed by atoms with Crippen molar-refractivity contribution in [2.24, 2.45) is 0 Å². The van der Waals surface area contributed by atoms with Gasteiger partial charge in [0.25, 0.3) is 0 Å². The van der Waals surface area contributed by atoms with Gasteiger partial charge in [0.05, 0.1) is 16.6 Å². The van der Waals surface area contributed by atoms with E-state index in [0.717, 1.165) is 110 Å². The van der Waals surface area contributed by atoms with E-state index in [2.05, 4.69) is 146 Å². The topological polar surface area (TPSA) is 51.8 Å². The molecular weight excluding hydrogens is 647 g/mol. The first-order chi connectivity index (χ1) is 26.2. The van der Waals surface area contributed by atoms with Crippen molar-refractivity contribution in [3.8, 4) is 44.5 Å². The van der Waals surface area contributed by atoms with Gasteiger partial charge in [0.2, 0.25) is 0 Å². The molecule has 0 aliphatic carbocycles. The van der Waals surface area contributed by atoms with E-state index in [-0.39, 0.29) is 0 Å². The summed E-state index contributed by atoms with van der Waals surface area (Å²) in [5.74, 6) is 0. The molecule has 11 rings (SSSR count). The lowest BCUT2D eigenvalue weighted by atomic mass is 9.89. The van der Waals surface area contributed by atoms with Crippen molar-refractivity contribution in [3.63, 3.8) is 0 Å². The van der Waals surface area contributed by atoms with Gasteiger partial charge in [0, 0.05) is 67.6 Å². The highest BCUT2D eigenvalue weighted by atomic mass is 16.3. The van der Waals surface area contributed by atoms with Crippen LogP contribution in [0.4, 0.5) is 0 Å². The number of hydrogen-bond acceptors (Lipinski definition) is 4. The van der Waals surface area contributed by atoms with Gasteiger partial charge in [-0.05, 0) is 75.7 Å². The third kappa shape index (κ3) is 4.80. The molecule has 0 amide bonds. The Labute approximate surface area is 304 Å². The SMILES string of the molecule is c1ccc(-c2cnc3c(ccc4cc(-c5ccc(-c6cnc7ccccc7c6)c(-c6cccc7oc8c9ccccc9ccc8c67)c5)cnc43)c2)cc1. The van der Waals surface area contributed by atoms with Crippen molar-refractivity contribution in [1.29, 1.82) is 0 Å². The standard InChI is InChI=1S/C49H29N3O/c1-2-9-30(10-3-1)36-24-34-17-18-35-25-37(28-52-48(35)47(34)51-27-36)32-20-21-39(38-23-33-12-5-7-15-44(33)50-29-38)43(26-32)41-14-8-16-45-46(41)42-22-19-31-11-4-6-13-40(31)49(42)53-45/h1-29H. The molecule has 53 heavy (non-hydrogen) atoms. The molecule has 246 valence electrons. The average Bonchev–Trinajstić information content (AvgIpc) is 3.63. The molecular formula is C49H29N3O. The molecule has 4 heterocycles. The van der Waals surface area contributed by atoms with Crippen LogP contribution in [0, 0.1) is 0 Å². The first-order valence-electron chi connectivity index (χ1n) is 17.8. The maximum Gasteiger partial charge on any atom is 0.143 e. The van der Waals surface area contributed by atoms with Gasteiger partial charge in [-0.2, -0.15) is 0 Å². The smallest absolute Gasteiger partial charge is 0.143 e. The maximum absolute atomic E-state index is 6.63. The zero-order valence-corrected chi connectivity index (χ0v) is 28.5. The molecule has 0 aliphatic heterocycles. The van der Waals surface area contributed by atoms with Crippen LogP contribution in [0.2, 0.25) is 0 Å². The minimum absolute atomic E-state index is 0.865. The summed E-state index contributed by atoms with van der Waals surface area (Å²) < 4.78 is 6.63. The average molecular weight is 676 g/mol. The van der Waals surface area contributed by atoms with Crippen molar-refractivity contribution in [3.05, 3.63) is 176 Å². The summed E-state index contributed by atoms with van der Waals surface area (Å²) in [7, 11) is 0. The fraction of sp³-hybridized carbons (Fsp3) is 0. The Morgan fingerprint density at radius 1 is 0.358 bits per heavy atom. The molecule has 0 unspecified atom stereocenters. The minimum atomic E-state index is 0.865. The number of aromatic nitrogens is 3. The van der Waals surface area contributed by atoms with Crippen molar-refractivity contribution in [2.75, 3.05) is 0 Å². The summed E-state index contributed by atoms with van der Waals surface area (Å²) in [6.07, 6.45) is 5.91. The van der Waals surface area contributed by atoms with Crippen LogP contribution in [-0.4, -0.2) is 15.0 Å². The Morgan fingerprint density at radius 3 is 1.87 bits per heavy atom. The lowest BCUT2D eigenvalue weighted by Crippen LogP contribution is -1.91. The predicted octanol–water partition coefficient (Wildman–Crippen LogP) is 13.1. The highest BCUT2D eigenvalue weighted by Gasteiger charge is 2.19. The van der Waals surface area contributed by atoms with E-state index in [1.165, 1.54) is 0 Å². The van der Waals surface area contributed by atoms with Crippen molar-refractivity contribution >= 4 is 65.4 Å². The Bertz CT molecular complexity index is 3240. The first kappa shape index (κ1) is 29.5. The quantitative estimate of drug-likeness (QED) is 0.174. The molecule has 7 aromatic carbocycles. The summed E-state index contributed by atoms with van der Waals surface area (Å²) in [4.78, 5) is 14.8. The molecule has 4 heteroatoms. The van der Waals surface area contributed by atoms with E-state index in [1.807, 2.05) is 30.7 Å². The van der Waals surface area contributed by atoms with E-state index >= 15 is 0 Å². The third-order valence-corrected chi connectivity index (χ3v) is 10.5. The second-order valence-corrected chi connectivity index (χ2v) is 13.6. The summed E-state index contributed by atoms with van der Waals surface area (Å²) in [6.45, 7) is 0. The van der Waals surface area contributed by atoms with Gasteiger partial charge in [-0.3, -0.25) is 15.0 Å². The molecule has 0 atom stereocenters. The van der Waals surface area contributed by atoms with Gasteiger partial charge in [0.15, 0.2) is 0 Å². The Kier molecular flexibility index (Phi) is 6.52. The molecule has 4 aromatic heterocycles. The number of pyridine rings is 3. The van der Waals surface area contributed by atoms with Crippen LogP contribution in [0.1, 0.15) is 0 Å². The number of fused-ring (bicyclic) bond motifs is 9. The maximum atomic E-state index is 6.63. The summed E-state index contributed by atoms with van der Waals surface area (Å²) in [5, 5.41) is 7.70. The highest BCUT2D eigenvalue weighted by molar-refractivity contribution is 6.20. The number of nitrogens with zero attached hydrogens (tertiary/aromatic N) is 3. The zero-order valence-electron chi connectivity index (χ0n) is 28.5. The van der Waals surface area contributed by atoms with Gasteiger partial charge in [-0.25, -0.2) is 0 Å². The van der Waals surface area contributed by atoms with Gasteiger partial charge < -0.3 is 4.42 Å². The number of para-hydroxylation sites is 1. The van der Waals surface area contributed by atoms with Crippen LogP contribution >= 0.6 is 0 Å². The minimum Gasteiger partial charge on any atom is -0.455 e. The van der Waals surface area contributed by atoms with E-state index in [4.69, 9.17) is 19.4 Å². The van der Waals surface area contributed by atoms with Gasteiger partial charge in [-0.15, -0.1) is 0 Å². The van der Waals surface area contributed by atoms with Crippen LogP contribution in [0.15, 0.2) is 181 Å². The fourth-order valence-electron chi connectivity index (χ4n) is 7.93. The second-order valence-electron chi connectivity index (χ2n) is 13.6. The van der Waals surface area contributed by atoms with Crippen LogP contribution in [0.3, 0.4) is 0 Å². The summed E-state index contributed by atoms with van der Waals surface area (Å²) in [5.41, 5.74) is 13.3. The first-order valence-corrected chi connectivity index (χ1v) is 17.8. The van der Waals surface area contributed by atoms with E-state index in [1.54, 1.807) is 0 Å². The molecule has 0 aliphatic rings. The molecule has 0 saturated carbocycles. The number of hydrogen-bond donors (Lipinski definition) is 0. The number of furan rings is 1. The molecule has 11 aromatic rings. The second kappa shape index (κ2) is 11.7. The molecule has 0 fully saturated rings. The molecule has 0 radical (unpaired) electrons. The predicted molar refractivity (Wildman–Crippen MR) is 219 cm³/mol. The normalized spacial score (nSPS) is 11.8. The van der Waals surface area contributed by atoms with E-state index in [0.29, 0.717) is 0 Å². The van der Waals surface area contributed by atoms with Crippen LogP contribution in [0.25, 0.3) is 110 Å². The van der Waals surface area contributed by atoms with Gasteiger partial charge in [-0.1, -0.05) is 115 Å². The lowest BCUT2D eigenvalue weighted by molar-refractivity contribution is 0.673. The van der Waals surface area contributed by atoms with Gasteiger partial charge >= 0.3 is 0 Å². The number of benzene rings is 7. The summed E-state index contributed by atoms with van der Waals surface area (Å²) in [6, 6.07) is 55.5. The van der Waals surface area contributed by atoms with Crippen molar-refractivity contribution in [2.45, 2.75) is 0 Å². The summed E-state index contributed by atoms with van der Waals surface area (Å²) >= 11 is 0. The van der Waals surface area contributed by atoms with Crippen molar-refractivity contribution in [1.82, 2.24) is 15.0 Å². The fourth-order valence-corrected chi connectivity index (χ4v) is 7.93. The zero-order chi connectivity index (χ0) is 34.9. The van der Waals surface area contributed by atoms with Crippen LogP contribution in [-0.2, 0) is 0 Å². The Morgan fingerprint density at radius 2 is 1.04 bits per heavy atom. The number of rotatable bonds is 4. The van der Waals surface area contributed by atoms with Crippen LogP contribution < -0.4 is 0 Å².